The minimum absolute atomic E-state index is 0.191. The van der Waals surface area contributed by atoms with Gasteiger partial charge in [0.25, 0.3) is 5.91 Å². The van der Waals surface area contributed by atoms with Gasteiger partial charge in [0.1, 0.15) is 5.60 Å². The fourth-order valence-corrected chi connectivity index (χ4v) is 3.81. The van der Waals surface area contributed by atoms with E-state index < -0.39 is 11.7 Å². The second-order valence-corrected chi connectivity index (χ2v) is 8.52. The summed E-state index contributed by atoms with van der Waals surface area (Å²) in [6, 6.07) is 10.9. The van der Waals surface area contributed by atoms with Crippen molar-refractivity contribution < 1.29 is 14.3 Å². The summed E-state index contributed by atoms with van der Waals surface area (Å²) in [5.74, 6) is -0.191. The van der Waals surface area contributed by atoms with Crippen LogP contribution in [-0.4, -0.2) is 30.7 Å². The SMILES string of the molecule is CC(C)(C)OC(=O)Nc1ccccc1NC(=O)c1ccc(N2CCCC2)s1. The van der Waals surface area contributed by atoms with Crippen LogP contribution in [0.25, 0.3) is 0 Å². The molecule has 0 saturated carbocycles. The summed E-state index contributed by atoms with van der Waals surface area (Å²) >= 11 is 1.49. The number of hydrogen-bond acceptors (Lipinski definition) is 5. The first-order valence-corrected chi connectivity index (χ1v) is 9.89. The number of nitrogens with one attached hydrogen (secondary N) is 2. The minimum atomic E-state index is -0.592. The van der Waals surface area contributed by atoms with E-state index in [1.165, 1.54) is 24.2 Å². The monoisotopic (exact) mass is 387 g/mol. The molecule has 0 aliphatic carbocycles. The van der Waals surface area contributed by atoms with E-state index in [4.69, 9.17) is 4.74 Å². The highest BCUT2D eigenvalue weighted by atomic mass is 32.1. The van der Waals surface area contributed by atoms with E-state index in [9.17, 15) is 9.59 Å². The van der Waals surface area contributed by atoms with Crippen molar-refractivity contribution in [1.29, 1.82) is 0 Å². The van der Waals surface area contributed by atoms with Crippen LogP contribution >= 0.6 is 11.3 Å². The number of amides is 2. The van der Waals surface area contributed by atoms with Gasteiger partial charge < -0.3 is 15.0 Å². The molecular formula is C20H25N3O3S. The molecule has 27 heavy (non-hydrogen) atoms. The van der Waals surface area contributed by atoms with Gasteiger partial charge in [0.15, 0.2) is 0 Å². The predicted octanol–water partition coefficient (Wildman–Crippen LogP) is 4.95. The average molecular weight is 388 g/mol. The molecule has 1 aliphatic heterocycles. The fraction of sp³-hybridized carbons (Fsp3) is 0.400. The van der Waals surface area contributed by atoms with Crippen LogP contribution in [-0.2, 0) is 4.74 Å². The average Bonchev–Trinajstić information content (AvgIpc) is 3.26. The number of anilines is 3. The zero-order valence-corrected chi connectivity index (χ0v) is 16.7. The Morgan fingerprint density at radius 3 is 2.26 bits per heavy atom. The van der Waals surface area contributed by atoms with Gasteiger partial charge in [0.2, 0.25) is 0 Å². The summed E-state index contributed by atoms with van der Waals surface area (Å²) in [7, 11) is 0. The molecule has 2 N–H and O–H groups in total. The molecule has 7 heteroatoms. The largest absolute Gasteiger partial charge is 0.444 e. The molecular weight excluding hydrogens is 362 g/mol. The maximum absolute atomic E-state index is 12.6. The molecule has 0 atom stereocenters. The Morgan fingerprint density at radius 2 is 1.63 bits per heavy atom. The lowest BCUT2D eigenvalue weighted by Gasteiger charge is -2.20. The highest BCUT2D eigenvalue weighted by Crippen LogP contribution is 2.30. The Kier molecular flexibility index (Phi) is 5.70. The number of nitrogens with zero attached hydrogens (tertiary/aromatic N) is 1. The van der Waals surface area contributed by atoms with Crippen molar-refractivity contribution in [2.24, 2.45) is 0 Å². The predicted molar refractivity (Wildman–Crippen MR) is 110 cm³/mol. The van der Waals surface area contributed by atoms with Crippen LogP contribution in [0.15, 0.2) is 36.4 Å². The molecule has 0 spiro atoms. The Bertz CT molecular complexity index is 820. The van der Waals surface area contributed by atoms with E-state index in [2.05, 4.69) is 15.5 Å². The maximum atomic E-state index is 12.6. The van der Waals surface area contributed by atoms with Crippen LogP contribution in [0.5, 0.6) is 0 Å². The number of carbonyl (C=O) groups excluding carboxylic acids is 2. The van der Waals surface area contributed by atoms with Crippen molar-refractivity contribution in [3.05, 3.63) is 41.3 Å². The quantitative estimate of drug-likeness (QED) is 0.779. The Balaban J connectivity index is 1.68. The number of ether oxygens (including phenoxy) is 1. The van der Waals surface area contributed by atoms with Crippen LogP contribution < -0.4 is 15.5 Å². The van der Waals surface area contributed by atoms with Gasteiger partial charge >= 0.3 is 6.09 Å². The standard InChI is InChI=1S/C20H25N3O3S/c1-20(2,3)26-19(25)22-15-9-5-4-8-14(15)21-18(24)16-10-11-17(27-16)23-12-6-7-13-23/h4-5,8-11H,6-7,12-13H2,1-3H3,(H,21,24)(H,22,25). The first-order chi connectivity index (χ1) is 12.8. The topological polar surface area (TPSA) is 70.7 Å². The normalized spacial score (nSPS) is 14.1. The molecule has 2 amide bonds. The molecule has 1 aromatic carbocycles. The van der Waals surface area contributed by atoms with Gasteiger partial charge in [0.05, 0.1) is 21.3 Å². The first kappa shape index (κ1) is 19.2. The minimum Gasteiger partial charge on any atom is -0.444 e. The lowest BCUT2D eigenvalue weighted by molar-refractivity contribution is 0.0635. The van der Waals surface area contributed by atoms with Crippen molar-refractivity contribution in [2.45, 2.75) is 39.2 Å². The number of thiophene rings is 1. The summed E-state index contributed by atoms with van der Waals surface area (Å²) in [5, 5.41) is 6.70. The molecule has 1 aromatic heterocycles. The molecule has 1 fully saturated rings. The van der Waals surface area contributed by atoms with Crippen LogP contribution in [0.2, 0.25) is 0 Å². The van der Waals surface area contributed by atoms with Crippen LogP contribution in [0.3, 0.4) is 0 Å². The third-order valence-electron chi connectivity index (χ3n) is 4.04. The summed E-state index contributed by atoms with van der Waals surface area (Å²) in [6.07, 6.45) is 1.84. The number of benzene rings is 1. The summed E-state index contributed by atoms with van der Waals surface area (Å²) in [4.78, 5) is 27.6. The van der Waals surface area contributed by atoms with Crippen LogP contribution in [0, 0.1) is 0 Å². The summed E-state index contributed by atoms with van der Waals surface area (Å²) < 4.78 is 5.28. The Hall–Kier alpha value is -2.54. The van der Waals surface area contributed by atoms with E-state index in [0.29, 0.717) is 16.3 Å². The van der Waals surface area contributed by atoms with Gasteiger partial charge in [-0.25, -0.2) is 4.79 Å². The highest BCUT2D eigenvalue weighted by molar-refractivity contribution is 7.18. The third kappa shape index (κ3) is 5.23. The van der Waals surface area contributed by atoms with E-state index in [0.717, 1.165) is 18.1 Å². The maximum Gasteiger partial charge on any atom is 0.412 e. The lowest BCUT2D eigenvalue weighted by atomic mass is 10.2. The van der Waals surface area contributed by atoms with E-state index in [1.807, 2.05) is 12.1 Å². The summed E-state index contributed by atoms with van der Waals surface area (Å²) in [6.45, 7) is 7.49. The zero-order chi connectivity index (χ0) is 19.4. The number of para-hydroxylation sites is 2. The van der Waals surface area contributed by atoms with E-state index >= 15 is 0 Å². The van der Waals surface area contributed by atoms with Gasteiger partial charge in [-0.3, -0.25) is 10.1 Å². The molecule has 2 aromatic rings. The smallest absolute Gasteiger partial charge is 0.412 e. The molecule has 3 rings (SSSR count). The second-order valence-electron chi connectivity index (χ2n) is 7.46. The Morgan fingerprint density at radius 1 is 1.00 bits per heavy atom. The molecule has 0 unspecified atom stereocenters. The molecule has 1 saturated heterocycles. The van der Waals surface area contributed by atoms with E-state index in [1.54, 1.807) is 45.0 Å². The van der Waals surface area contributed by atoms with Crippen molar-refractivity contribution >= 4 is 39.7 Å². The van der Waals surface area contributed by atoms with Gasteiger partial charge in [-0.15, -0.1) is 11.3 Å². The van der Waals surface area contributed by atoms with Gasteiger partial charge in [0, 0.05) is 13.1 Å². The number of hydrogen-bond donors (Lipinski definition) is 2. The third-order valence-corrected chi connectivity index (χ3v) is 5.19. The molecule has 1 aliphatic rings. The fourth-order valence-electron chi connectivity index (χ4n) is 2.86. The highest BCUT2D eigenvalue weighted by Gasteiger charge is 2.19. The second kappa shape index (κ2) is 8.00. The van der Waals surface area contributed by atoms with E-state index in [-0.39, 0.29) is 5.91 Å². The van der Waals surface area contributed by atoms with Crippen molar-refractivity contribution in [2.75, 3.05) is 28.6 Å². The molecule has 0 radical (unpaired) electrons. The van der Waals surface area contributed by atoms with Gasteiger partial charge in [-0.2, -0.15) is 0 Å². The summed E-state index contributed by atoms with van der Waals surface area (Å²) in [5.41, 5.74) is 0.437. The lowest BCUT2D eigenvalue weighted by Crippen LogP contribution is -2.27. The van der Waals surface area contributed by atoms with Crippen molar-refractivity contribution in [3.8, 4) is 0 Å². The zero-order valence-electron chi connectivity index (χ0n) is 15.9. The first-order valence-electron chi connectivity index (χ1n) is 9.07. The number of rotatable bonds is 4. The molecule has 6 nitrogen and oxygen atoms in total. The van der Waals surface area contributed by atoms with Gasteiger partial charge in [-0.05, 0) is 57.9 Å². The number of carbonyl (C=O) groups is 2. The molecule has 2 heterocycles. The molecule has 144 valence electrons. The van der Waals surface area contributed by atoms with Crippen molar-refractivity contribution in [1.82, 2.24) is 0 Å². The Labute approximate surface area is 163 Å². The molecule has 0 bridgehead atoms. The van der Waals surface area contributed by atoms with Crippen LogP contribution in [0.4, 0.5) is 21.2 Å². The van der Waals surface area contributed by atoms with Crippen molar-refractivity contribution in [3.63, 3.8) is 0 Å². The van der Waals surface area contributed by atoms with Crippen LogP contribution in [0.1, 0.15) is 43.3 Å². The van der Waals surface area contributed by atoms with Gasteiger partial charge in [-0.1, -0.05) is 12.1 Å².